The van der Waals surface area contributed by atoms with Crippen LogP contribution < -0.4 is 10.6 Å². The Balaban J connectivity index is 2.69. The van der Waals surface area contributed by atoms with Crippen molar-refractivity contribution in [3.05, 3.63) is 23.8 Å². The van der Waals surface area contributed by atoms with Crippen LogP contribution in [0.25, 0.3) is 0 Å². The van der Waals surface area contributed by atoms with Crippen molar-refractivity contribution in [3.63, 3.8) is 0 Å². The molecule has 0 radical (unpaired) electrons. The molecule has 1 aromatic rings. The van der Waals surface area contributed by atoms with Crippen LogP contribution in [0.15, 0.2) is 18.2 Å². The molecule has 0 aliphatic heterocycles. The Hall–Kier alpha value is -2.24. The second kappa shape index (κ2) is 6.79. The standard InChI is InChI=1S/C14H20N2O4/c1-4-8(2)9(3)15-14(20)16-11-6-5-10(13(18)19)7-12(11)17/h5-9,17H,4H2,1-3H3,(H,18,19)(H2,15,16,20). The smallest absolute Gasteiger partial charge is 0.335 e. The number of urea groups is 1. The highest BCUT2D eigenvalue weighted by atomic mass is 16.4. The number of benzene rings is 1. The molecule has 2 atom stereocenters. The number of phenolic OH excluding ortho intramolecular Hbond substituents is 1. The second-order valence-electron chi connectivity index (χ2n) is 4.81. The van der Waals surface area contributed by atoms with Gasteiger partial charge in [-0.05, 0) is 31.0 Å². The van der Waals surface area contributed by atoms with Gasteiger partial charge in [0.15, 0.2) is 0 Å². The first-order valence-corrected chi connectivity index (χ1v) is 6.49. The van der Waals surface area contributed by atoms with Crippen LogP contribution in [0.2, 0.25) is 0 Å². The van der Waals surface area contributed by atoms with Gasteiger partial charge in [-0.2, -0.15) is 0 Å². The van der Waals surface area contributed by atoms with E-state index in [2.05, 4.69) is 10.6 Å². The van der Waals surface area contributed by atoms with E-state index in [1.54, 1.807) is 0 Å². The van der Waals surface area contributed by atoms with Crippen molar-refractivity contribution in [3.8, 4) is 5.75 Å². The van der Waals surface area contributed by atoms with Crippen LogP contribution >= 0.6 is 0 Å². The summed E-state index contributed by atoms with van der Waals surface area (Å²) in [5.41, 5.74) is 0.130. The van der Waals surface area contributed by atoms with Crippen molar-refractivity contribution in [1.82, 2.24) is 5.32 Å². The van der Waals surface area contributed by atoms with Crippen LogP contribution in [0.4, 0.5) is 10.5 Å². The van der Waals surface area contributed by atoms with E-state index in [0.717, 1.165) is 12.5 Å². The summed E-state index contributed by atoms with van der Waals surface area (Å²) in [4.78, 5) is 22.5. The Morgan fingerprint density at radius 3 is 2.45 bits per heavy atom. The van der Waals surface area contributed by atoms with E-state index in [4.69, 9.17) is 5.11 Å². The maximum atomic E-state index is 11.8. The van der Waals surface area contributed by atoms with Gasteiger partial charge < -0.3 is 20.8 Å². The van der Waals surface area contributed by atoms with Crippen molar-refractivity contribution in [1.29, 1.82) is 0 Å². The number of anilines is 1. The highest BCUT2D eigenvalue weighted by molar-refractivity contribution is 5.93. The van der Waals surface area contributed by atoms with Gasteiger partial charge in [0.1, 0.15) is 5.75 Å². The van der Waals surface area contributed by atoms with Crippen molar-refractivity contribution < 1.29 is 19.8 Å². The lowest BCUT2D eigenvalue weighted by molar-refractivity contribution is 0.0696. The number of rotatable bonds is 5. The molecule has 4 N–H and O–H groups in total. The number of aromatic carboxylic acids is 1. The fraction of sp³-hybridized carbons (Fsp3) is 0.429. The Labute approximate surface area is 117 Å². The molecule has 110 valence electrons. The van der Waals surface area contributed by atoms with Crippen molar-refractivity contribution in [2.45, 2.75) is 33.2 Å². The molecule has 6 heteroatoms. The largest absolute Gasteiger partial charge is 0.506 e. The van der Waals surface area contributed by atoms with E-state index in [1.807, 2.05) is 20.8 Å². The van der Waals surface area contributed by atoms with Gasteiger partial charge in [0.05, 0.1) is 11.3 Å². The van der Waals surface area contributed by atoms with Gasteiger partial charge in [0.2, 0.25) is 0 Å². The van der Waals surface area contributed by atoms with E-state index >= 15 is 0 Å². The van der Waals surface area contributed by atoms with Crippen LogP contribution in [-0.4, -0.2) is 28.3 Å². The molecule has 0 saturated heterocycles. The topological polar surface area (TPSA) is 98.7 Å². The lowest BCUT2D eigenvalue weighted by Crippen LogP contribution is -2.39. The Morgan fingerprint density at radius 1 is 1.30 bits per heavy atom. The Morgan fingerprint density at radius 2 is 1.95 bits per heavy atom. The second-order valence-corrected chi connectivity index (χ2v) is 4.81. The third kappa shape index (κ3) is 4.15. The number of carbonyl (C=O) groups excluding carboxylic acids is 1. The summed E-state index contributed by atoms with van der Waals surface area (Å²) in [6, 6.07) is 3.33. The monoisotopic (exact) mass is 280 g/mol. The predicted octanol–water partition coefficient (Wildman–Crippen LogP) is 2.65. The number of carboxylic acids is 1. The first kappa shape index (κ1) is 15.8. The molecule has 1 aromatic carbocycles. The highest BCUT2D eigenvalue weighted by Crippen LogP contribution is 2.24. The number of amides is 2. The van der Waals surface area contributed by atoms with Gasteiger partial charge in [0.25, 0.3) is 0 Å². The fourth-order valence-corrected chi connectivity index (χ4v) is 1.63. The number of hydrogen-bond acceptors (Lipinski definition) is 3. The number of aromatic hydroxyl groups is 1. The fourth-order valence-electron chi connectivity index (χ4n) is 1.63. The van der Waals surface area contributed by atoms with E-state index in [1.165, 1.54) is 12.1 Å². The zero-order chi connectivity index (χ0) is 15.3. The number of hydrogen-bond donors (Lipinski definition) is 4. The minimum absolute atomic E-state index is 0.000403. The first-order valence-electron chi connectivity index (χ1n) is 6.49. The normalized spacial score (nSPS) is 13.3. The lowest BCUT2D eigenvalue weighted by Gasteiger charge is -2.20. The maximum Gasteiger partial charge on any atom is 0.335 e. The van der Waals surface area contributed by atoms with Gasteiger partial charge in [-0.3, -0.25) is 0 Å². The molecule has 2 unspecified atom stereocenters. The van der Waals surface area contributed by atoms with Crippen molar-refractivity contribution in [2.75, 3.05) is 5.32 Å². The maximum absolute atomic E-state index is 11.8. The van der Waals surface area contributed by atoms with Crippen LogP contribution in [0, 0.1) is 5.92 Å². The van der Waals surface area contributed by atoms with Crippen LogP contribution in [0.5, 0.6) is 5.75 Å². The summed E-state index contributed by atoms with van der Waals surface area (Å²) in [5.74, 6) is -1.08. The Bertz CT molecular complexity index is 502. The molecule has 6 nitrogen and oxygen atoms in total. The van der Waals surface area contributed by atoms with Gasteiger partial charge in [-0.25, -0.2) is 9.59 Å². The first-order chi connectivity index (χ1) is 9.35. The van der Waals surface area contributed by atoms with Gasteiger partial charge in [0, 0.05) is 6.04 Å². The van der Waals surface area contributed by atoms with Gasteiger partial charge in [-0.1, -0.05) is 20.3 Å². The third-order valence-corrected chi connectivity index (χ3v) is 3.35. The summed E-state index contributed by atoms with van der Waals surface area (Å²) in [6.45, 7) is 5.97. The SMILES string of the molecule is CCC(C)C(C)NC(=O)Nc1ccc(C(=O)O)cc1O. The molecule has 0 aromatic heterocycles. The summed E-state index contributed by atoms with van der Waals surface area (Å²) >= 11 is 0. The van der Waals surface area contributed by atoms with Crippen LogP contribution in [-0.2, 0) is 0 Å². The number of nitrogens with one attached hydrogen (secondary N) is 2. The van der Waals surface area contributed by atoms with E-state index in [-0.39, 0.29) is 23.0 Å². The molecule has 2 amide bonds. The summed E-state index contributed by atoms with van der Waals surface area (Å²) in [6.07, 6.45) is 0.944. The molecular formula is C14H20N2O4. The minimum atomic E-state index is -1.14. The third-order valence-electron chi connectivity index (χ3n) is 3.35. The number of carbonyl (C=O) groups is 2. The minimum Gasteiger partial charge on any atom is -0.506 e. The van der Waals surface area contributed by atoms with Crippen molar-refractivity contribution in [2.24, 2.45) is 5.92 Å². The average molecular weight is 280 g/mol. The number of phenols is 1. The quantitative estimate of drug-likeness (QED) is 0.623. The number of carboxylic acid groups (broad SMARTS) is 1. The molecule has 1 rings (SSSR count). The summed E-state index contributed by atoms with van der Waals surface area (Å²) < 4.78 is 0. The molecule has 0 aliphatic rings. The molecule has 0 fully saturated rings. The zero-order valence-electron chi connectivity index (χ0n) is 11.8. The molecule has 0 heterocycles. The van der Waals surface area contributed by atoms with Crippen LogP contribution in [0.1, 0.15) is 37.6 Å². The average Bonchev–Trinajstić information content (AvgIpc) is 2.39. The molecule has 0 saturated carbocycles. The van der Waals surface area contributed by atoms with Gasteiger partial charge >= 0.3 is 12.0 Å². The zero-order valence-corrected chi connectivity index (χ0v) is 11.8. The molecule has 20 heavy (non-hydrogen) atoms. The van der Waals surface area contributed by atoms with Gasteiger partial charge in [-0.15, -0.1) is 0 Å². The predicted molar refractivity (Wildman–Crippen MR) is 76.1 cm³/mol. The molecule has 0 bridgehead atoms. The molecule has 0 aliphatic carbocycles. The highest BCUT2D eigenvalue weighted by Gasteiger charge is 2.14. The van der Waals surface area contributed by atoms with E-state index in [0.29, 0.717) is 5.92 Å². The van der Waals surface area contributed by atoms with Crippen LogP contribution in [0.3, 0.4) is 0 Å². The summed E-state index contributed by atoms with van der Waals surface area (Å²) in [7, 11) is 0. The van der Waals surface area contributed by atoms with Crippen molar-refractivity contribution >= 4 is 17.7 Å². The van der Waals surface area contributed by atoms with E-state index in [9.17, 15) is 14.7 Å². The summed E-state index contributed by atoms with van der Waals surface area (Å²) in [5, 5.41) is 23.7. The molecule has 0 spiro atoms. The Kier molecular flexibility index (Phi) is 5.37. The molecular weight excluding hydrogens is 260 g/mol. The lowest BCUT2D eigenvalue weighted by atomic mass is 10.0. The van der Waals surface area contributed by atoms with E-state index < -0.39 is 12.0 Å².